The molecule has 5 N–H and O–H groups in total. The van der Waals surface area contributed by atoms with Gasteiger partial charge in [0.2, 0.25) is 0 Å². The summed E-state index contributed by atoms with van der Waals surface area (Å²) in [5.41, 5.74) is 10.6. The van der Waals surface area contributed by atoms with E-state index >= 15 is 0 Å². The first kappa shape index (κ1) is 17.0. The normalized spacial score (nSPS) is 33.4. The summed E-state index contributed by atoms with van der Waals surface area (Å²) in [6, 6.07) is 2.31. The molecule has 0 bridgehead atoms. The number of rotatable bonds is 2. The van der Waals surface area contributed by atoms with Gasteiger partial charge < -0.3 is 16.6 Å². The molecule has 0 amide bonds. The van der Waals surface area contributed by atoms with E-state index in [-0.39, 0.29) is 22.3 Å². The second-order valence-electron chi connectivity index (χ2n) is 6.15. The van der Waals surface area contributed by atoms with Crippen molar-refractivity contribution in [2.45, 2.75) is 44.1 Å². The van der Waals surface area contributed by atoms with Gasteiger partial charge in [0.05, 0.1) is 16.4 Å². The van der Waals surface area contributed by atoms with Crippen LogP contribution in [0.3, 0.4) is 0 Å². The molecule has 22 heavy (non-hydrogen) atoms. The number of hydrogen-bond donors (Lipinski definition) is 3. The Morgan fingerprint density at radius 3 is 2.45 bits per heavy atom. The third-order valence-electron chi connectivity index (χ3n) is 4.80. The first-order valence-corrected chi connectivity index (χ1v) is 7.81. The van der Waals surface area contributed by atoms with Gasteiger partial charge in [0.25, 0.3) is 0 Å². The van der Waals surface area contributed by atoms with Crippen molar-refractivity contribution < 1.29 is 13.9 Å². The number of halogens is 2. The molecule has 0 saturated carbocycles. The highest BCUT2D eigenvalue weighted by atomic mass is 32.2. The van der Waals surface area contributed by atoms with Gasteiger partial charge in [-0.3, -0.25) is 4.99 Å². The fourth-order valence-electron chi connectivity index (χ4n) is 2.94. The predicted molar refractivity (Wildman–Crippen MR) is 86.6 cm³/mol. The van der Waals surface area contributed by atoms with Gasteiger partial charge in [0, 0.05) is 17.2 Å². The second-order valence-corrected chi connectivity index (χ2v) is 7.65. The summed E-state index contributed by atoms with van der Waals surface area (Å²) in [4.78, 5) is 4.37. The lowest BCUT2D eigenvalue weighted by molar-refractivity contribution is 0.0967. The number of thioether (sulfide) groups is 1. The largest absolute Gasteiger partial charge is 0.399 e. The van der Waals surface area contributed by atoms with Crippen molar-refractivity contribution >= 4 is 22.6 Å². The Bertz CT molecular complexity index is 637. The predicted octanol–water partition coefficient (Wildman–Crippen LogP) is 2.60. The zero-order valence-electron chi connectivity index (χ0n) is 13.0. The van der Waals surface area contributed by atoms with Gasteiger partial charge in [0.15, 0.2) is 16.8 Å². The zero-order chi connectivity index (χ0) is 16.9. The zero-order valence-corrected chi connectivity index (χ0v) is 13.8. The summed E-state index contributed by atoms with van der Waals surface area (Å²) in [6.45, 7) is 7.02. The van der Waals surface area contributed by atoms with E-state index in [2.05, 4.69) is 4.99 Å². The summed E-state index contributed by atoms with van der Waals surface area (Å²) in [5.74, 6) is -2.32. The fraction of sp³-hybridized carbons (Fsp3) is 0.533. The molecule has 2 rings (SSSR count). The fourth-order valence-corrected chi connectivity index (χ4v) is 4.20. The van der Waals surface area contributed by atoms with E-state index < -0.39 is 28.0 Å². The smallest absolute Gasteiger partial charge is 0.164 e. The topological polar surface area (TPSA) is 84.6 Å². The molecule has 7 heteroatoms. The van der Waals surface area contributed by atoms with Crippen LogP contribution in [0.1, 0.15) is 33.3 Å². The van der Waals surface area contributed by atoms with Crippen molar-refractivity contribution in [2.75, 3.05) is 5.73 Å². The lowest BCUT2D eigenvalue weighted by Crippen LogP contribution is -2.53. The Balaban J connectivity index is 2.69. The average molecular weight is 329 g/mol. The molecule has 0 spiro atoms. The van der Waals surface area contributed by atoms with Crippen molar-refractivity contribution in [2.24, 2.45) is 16.6 Å². The first-order valence-electron chi connectivity index (χ1n) is 6.99. The highest BCUT2D eigenvalue weighted by molar-refractivity contribution is 8.15. The standard InChI is InChI=1S/C15H21F2N3OS/c1-7-14(3,10-5-9(18)6-11(16)12(10)17)20-13(19)22-15(7,4)8(2)21/h5-8,21H,18H2,1-4H3,(H2,19,20)/t7-,8+,14-,15-/m0/s1. The van der Waals surface area contributed by atoms with Crippen LogP contribution in [-0.2, 0) is 5.54 Å². The second kappa shape index (κ2) is 5.38. The maximum absolute atomic E-state index is 14.4. The third-order valence-corrected chi connectivity index (χ3v) is 6.23. The van der Waals surface area contributed by atoms with Crippen LogP contribution in [0.2, 0.25) is 0 Å². The van der Waals surface area contributed by atoms with E-state index in [1.165, 1.54) is 17.8 Å². The number of aliphatic hydroxyl groups excluding tert-OH is 1. The monoisotopic (exact) mass is 329 g/mol. The Morgan fingerprint density at radius 2 is 1.91 bits per heavy atom. The highest BCUT2D eigenvalue weighted by Gasteiger charge is 2.52. The molecule has 4 atom stereocenters. The van der Waals surface area contributed by atoms with E-state index in [9.17, 15) is 13.9 Å². The third kappa shape index (κ3) is 2.46. The summed E-state index contributed by atoms with van der Waals surface area (Å²) >= 11 is 1.25. The molecule has 0 unspecified atom stereocenters. The number of hydrogen-bond acceptors (Lipinski definition) is 5. The lowest BCUT2D eigenvalue weighted by Gasteiger charge is -2.48. The highest BCUT2D eigenvalue weighted by Crippen LogP contribution is 2.51. The number of benzene rings is 1. The summed E-state index contributed by atoms with van der Waals surface area (Å²) in [5, 5.41) is 10.4. The van der Waals surface area contributed by atoms with E-state index in [0.717, 1.165) is 6.07 Å². The van der Waals surface area contributed by atoms with Gasteiger partial charge in [-0.05, 0) is 32.9 Å². The molecule has 0 aliphatic carbocycles. The molecule has 1 aromatic carbocycles. The Labute approximate surface area is 133 Å². The molecule has 1 aliphatic rings. The van der Waals surface area contributed by atoms with E-state index in [0.29, 0.717) is 0 Å². The van der Waals surface area contributed by atoms with Gasteiger partial charge in [-0.25, -0.2) is 8.78 Å². The molecule has 1 heterocycles. The van der Waals surface area contributed by atoms with Crippen LogP contribution < -0.4 is 11.5 Å². The number of aliphatic imine (C=N–C) groups is 1. The molecule has 0 fully saturated rings. The van der Waals surface area contributed by atoms with Crippen LogP contribution in [0.25, 0.3) is 0 Å². The molecule has 1 aromatic rings. The number of anilines is 1. The lowest BCUT2D eigenvalue weighted by atomic mass is 9.72. The molecular formula is C15H21F2N3OS. The first-order chi connectivity index (χ1) is 10.0. The number of nitrogen functional groups attached to an aromatic ring is 1. The van der Waals surface area contributed by atoms with Crippen LogP contribution in [-0.4, -0.2) is 21.1 Å². The van der Waals surface area contributed by atoms with Crippen LogP contribution in [0, 0.1) is 17.6 Å². The van der Waals surface area contributed by atoms with Crippen LogP contribution in [0.15, 0.2) is 17.1 Å². The van der Waals surface area contributed by atoms with Crippen LogP contribution in [0.5, 0.6) is 0 Å². The maximum Gasteiger partial charge on any atom is 0.164 e. The molecule has 0 radical (unpaired) electrons. The van der Waals surface area contributed by atoms with Gasteiger partial charge in [-0.1, -0.05) is 18.7 Å². The molecule has 0 aromatic heterocycles. The molecule has 4 nitrogen and oxygen atoms in total. The van der Waals surface area contributed by atoms with E-state index in [1.54, 1.807) is 13.8 Å². The van der Waals surface area contributed by atoms with Crippen molar-refractivity contribution in [3.8, 4) is 0 Å². The van der Waals surface area contributed by atoms with Gasteiger partial charge in [-0.15, -0.1) is 0 Å². The minimum Gasteiger partial charge on any atom is -0.399 e. The van der Waals surface area contributed by atoms with Crippen molar-refractivity contribution in [3.63, 3.8) is 0 Å². The van der Waals surface area contributed by atoms with Gasteiger partial charge in [0.1, 0.15) is 0 Å². The van der Waals surface area contributed by atoms with Crippen LogP contribution >= 0.6 is 11.8 Å². The molecule has 122 valence electrons. The number of aliphatic hydroxyl groups is 1. The SMILES string of the molecule is C[C@@H]1[C@@](C)([C@@H](C)O)SC(N)=N[C@]1(C)c1cc(N)cc(F)c1F. The molecule has 1 aliphatic heterocycles. The number of nitrogens with two attached hydrogens (primary N) is 2. The summed E-state index contributed by atoms with van der Waals surface area (Å²) < 4.78 is 27.4. The molecular weight excluding hydrogens is 308 g/mol. The Kier molecular flexibility index (Phi) is 4.16. The van der Waals surface area contributed by atoms with Crippen molar-refractivity contribution in [1.29, 1.82) is 0 Å². The van der Waals surface area contributed by atoms with Gasteiger partial charge in [-0.2, -0.15) is 0 Å². The molecule has 0 saturated heterocycles. The van der Waals surface area contributed by atoms with E-state index in [4.69, 9.17) is 11.5 Å². The van der Waals surface area contributed by atoms with Crippen molar-refractivity contribution in [1.82, 2.24) is 0 Å². The Hall–Kier alpha value is -1.34. The van der Waals surface area contributed by atoms with E-state index in [1.807, 2.05) is 13.8 Å². The van der Waals surface area contributed by atoms with Crippen molar-refractivity contribution in [3.05, 3.63) is 29.3 Å². The average Bonchev–Trinajstić information content (AvgIpc) is 2.39. The Morgan fingerprint density at radius 1 is 1.32 bits per heavy atom. The van der Waals surface area contributed by atoms with Crippen LogP contribution in [0.4, 0.5) is 14.5 Å². The summed E-state index contributed by atoms with van der Waals surface area (Å²) in [7, 11) is 0. The van der Waals surface area contributed by atoms with Gasteiger partial charge >= 0.3 is 0 Å². The summed E-state index contributed by atoms with van der Waals surface area (Å²) in [6.07, 6.45) is -0.713. The number of amidine groups is 1. The minimum atomic E-state index is -1.12. The quantitative estimate of drug-likeness (QED) is 0.728. The number of nitrogens with zero attached hydrogens (tertiary/aromatic N) is 1. The maximum atomic E-state index is 14.4. The minimum absolute atomic E-state index is 0.0487.